The quantitative estimate of drug-likeness (QED) is 0.0788. The van der Waals surface area contributed by atoms with Gasteiger partial charge in [0.25, 0.3) is 0 Å². The highest BCUT2D eigenvalue weighted by molar-refractivity contribution is 5.91. The van der Waals surface area contributed by atoms with Gasteiger partial charge < -0.3 is 45.7 Å². The molecule has 0 radical (unpaired) electrons. The Hall–Kier alpha value is -4.38. The van der Waals surface area contributed by atoms with Crippen LogP contribution >= 0.6 is 0 Å². The van der Waals surface area contributed by atoms with Crippen LogP contribution in [0, 0.1) is 23.7 Å². The molecule has 5 amide bonds. The van der Waals surface area contributed by atoms with Crippen molar-refractivity contribution in [3.8, 4) is 0 Å². The van der Waals surface area contributed by atoms with Crippen molar-refractivity contribution in [3.05, 3.63) is 47.7 Å². The first-order valence-corrected chi connectivity index (χ1v) is 22.1. The number of esters is 1. The molecule has 0 aromatic heterocycles. The Morgan fingerprint density at radius 1 is 0.855 bits per heavy atom. The number of nitrogens with two attached hydrogens (primary N) is 1. The summed E-state index contributed by atoms with van der Waals surface area (Å²) in [5.41, 5.74) is 6.92. The van der Waals surface area contributed by atoms with E-state index in [2.05, 4.69) is 16.0 Å². The van der Waals surface area contributed by atoms with Crippen LogP contribution in [-0.2, 0) is 49.4 Å². The first-order chi connectivity index (χ1) is 29.2. The van der Waals surface area contributed by atoms with Gasteiger partial charge in [0.15, 0.2) is 0 Å². The van der Waals surface area contributed by atoms with Gasteiger partial charge in [0.2, 0.25) is 29.5 Å². The van der Waals surface area contributed by atoms with E-state index in [1.165, 1.54) is 21.1 Å². The number of carbonyl (C=O) groups is 6. The second kappa shape index (κ2) is 26.3. The topological polar surface area (TPSA) is 202 Å². The predicted molar refractivity (Wildman–Crippen MR) is 239 cm³/mol. The highest BCUT2D eigenvalue weighted by Crippen LogP contribution is 2.29. The molecule has 1 aliphatic rings. The van der Waals surface area contributed by atoms with E-state index >= 15 is 0 Å². The maximum absolute atomic E-state index is 14.3. The van der Waals surface area contributed by atoms with E-state index in [1.807, 2.05) is 96.9 Å². The molecule has 62 heavy (non-hydrogen) atoms. The van der Waals surface area contributed by atoms with E-state index < -0.39 is 66.1 Å². The number of nitrogens with one attached hydrogen (secondary N) is 3. The van der Waals surface area contributed by atoms with E-state index in [1.54, 1.807) is 23.8 Å². The van der Waals surface area contributed by atoms with Crippen molar-refractivity contribution >= 4 is 35.5 Å². The summed E-state index contributed by atoms with van der Waals surface area (Å²) in [6.45, 7) is 15.6. The van der Waals surface area contributed by atoms with Crippen molar-refractivity contribution in [2.24, 2.45) is 29.4 Å². The summed E-state index contributed by atoms with van der Waals surface area (Å²) in [6, 6.07) is 5.91. The third-order valence-corrected chi connectivity index (χ3v) is 11.7. The van der Waals surface area contributed by atoms with Gasteiger partial charge >= 0.3 is 5.97 Å². The molecule has 0 bridgehead atoms. The minimum Gasteiger partial charge on any atom is -0.464 e. The third-order valence-electron chi connectivity index (χ3n) is 11.7. The molecule has 0 saturated carbocycles. The molecule has 16 heteroatoms. The molecule has 350 valence electrons. The van der Waals surface area contributed by atoms with Gasteiger partial charge in [-0.1, -0.05) is 91.3 Å². The van der Waals surface area contributed by atoms with Crippen molar-refractivity contribution < 1.29 is 43.0 Å². The third kappa shape index (κ3) is 15.5. The highest BCUT2D eigenvalue weighted by Gasteiger charge is 2.41. The number of ether oxygens (including phenoxy) is 3. The molecule has 1 aliphatic heterocycles. The van der Waals surface area contributed by atoms with Crippen LogP contribution in [0.2, 0.25) is 0 Å². The van der Waals surface area contributed by atoms with Crippen LogP contribution in [0.3, 0.4) is 0 Å². The maximum atomic E-state index is 14.3. The molecule has 2 rings (SSSR count). The molecule has 1 aromatic rings. The Labute approximate surface area is 370 Å². The molecule has 0 aliphatic carbocycles. The minimum absolute atomic E-state index is 0.0213. The molecule has 0 saturated heterocycles. The second-order valence-corrected chi connectivity index (χ2v) is 17.4. The van der Waals surface area contributed by atoms with Gasteiger partial charge in [0, 0.05) is 46.5 Å². The Bertz CT molecular complexity index is 1630. The Kier molecular flexibility index (Phi) is 22.8. The Morgan fingerprint density at radius 3 is 2.03 bits per heavy atom. The summed E-state index contributed by atoms with van der Waals surface area (Å²) >= 11 is 0. The number of rotatable bonds is 26. The maximum Gasteiger partial charge on any atom is 0.322 e. The summed E-state index contributed by atoms with van der Waals surface area (Å²) in [5.74, 6) is -3.20. The number of amides is 5. The molecule has 5 N–H and O–H groups in total. The molecule has 0 fully saturated rings. The number of hydrogen-bond acceptors (Lipinski definition) is 11. The monoisotopic (exact) mass is 872 g/mol. The number of nitrogens with zero attached hydrogens (tertiary/aromatic N) is 3. The molecule has 1 heterocycles. The number of methoxy groups -OCH3 is 2. The van der Waals surface area contributed by atoms with Crippen LogP contribution in [0.5, 0.6) is 0 Å². The fourth-order valence-corrected chi connectivity index (χ4v) is 8.03. The average Bonchev–Trinajstić information content (AvgIpc) is 3.71. The zero-order chi connectivity index (χ0) is 46.8. The van der Waals surface area contributed by atoms with Gasteiger partial charge in [-0.3, -0.25) is 33.7 Å². The van der Waals surface area contributed by atoms with Crippen molar-refractivity contribution in [2.75, 3.05) is 55.1 Å². The first-order valence-electron chi connectivity index (χ1n) is 22.1. The van der Waals surface area contributed by atoms with Gasteiger partial charge in [-0.2, -0.15) is 0 Å². The molecular formula is C46H77N7O9. The van der Waals surface area contributed by atoms with E-state index in [4.69, 9.17) is 19.9 Å². The van der Waals surface area contributed by atoms with E-state index in [0.717, 1.165) is 5.56 Å². The van der Waals surface area contributed by atoms with E-state index in [9.17, 15) is 28.8 Å². The van der Waals surface area contributed by atoms with Crippen molar-refractivity contribution in [3.63, 3.8) is 0 Å². The van der Waals surface area contributed by atoms with Crippen LogP contribution in [0.25, 0.3) is 0 Å². The van der Waals surface area contributed by atoms with E-state index in [-0.39, 0.29) is 61.5 Å². The molecule has 0 spiro atoms. The smallest absolute Gasteiger partial charge is 0.322 e. The lowest BCUT2D eigenvalue weighted by Crippen LogP contribution is -2.59. The minimum atomic E-state index is -0.931. The van der Waals surface area contributed by atoms with Gasteiger partial charge in [0.05, 0.1) is 37.1 Å². The fourth-order valence-electron chi connectivity index (χ4n) is 8.03. The number of carbonyl (C=O) groups excluding carboxylic acids is 6. The average molecular weight is 872 g/mol. The summed E-state index contributed by atoms with van der Waals surface area (Å²) in [6.07, 6.45) is 2.13. The summed E-state index contributed by atoms with van der Waals surface area (Å²) in [4.78, 5) is 86.4. The standard InChI is InChI=1S/C46H77N7O9/c1-14-30(6)40(52(11)45(58)38(28(2)3)50-44(57)39(29(4)5)51(9)10)36(60-12)27-37(54)53-24-18-22-35(53)41(61-13)31(7)42(55)49-34(26-33-20-16-15-17-21-33)43(56)48-23-19-25-62-46(59)32(8)47/h15-17,20-22,28-32,34,36,38-41H,14,18-19,23-27,47H2,1-13H3,(H,48,56)(H,49,55)(H,50,57)/t30-,31+,32?,34-,36+,38-,39-,40-,41+/m0/s1. The zero-order valence-electron chi connectivity index (χ0n) is 39.6. The van der Waals surface area contributed by atoms with Gasteiger partial charge in [-0.15, -0.1) is 0 Å². The molecule has 16 nitrogen and oxygen atoms in total. The number of benzene rings is 1. The normalized spacial score (nSPS) is 17.2. The van der Waals surface area contributed by atoms with Crippen LogP contribution in [0.4, 0.5) is 0 Å². The SMILES string of the molecule is CC[C@H](C)[C@@H]([C@@H](CC(=O)N1CCC=C1[C@H](OC)[C@@H](C)C(=O)N[C@@H](Cc1ccccc1)C(=O)NCCCOC(=O)C(C)N)OC)N(C)C(=O)[C@@H](NC(=O)[C@H](C(C)C)N(C)C)C(C)C. The predicted octanol–water partition coefficient (Wildman–Crippen LogP) is 2.88. The van der Waals surface area contributed by atoms with Gasteiger partial charge in [0.1, 0.15) is 24.2 Å². The van der Waals surface area contributed by atoms with Crippen molar-refractivity contribution in [1.29, 1.82) is 0 Å². The molecule has 1 aromatic carbocycles. The van der Waals surface area contributed by atoms with Crippen molar-refractivity contribution in [2.45, 2.75) is 130 Å². The zero-order valence-corrected chi connectivity index (χ0v) is 39.6. The van der Waals surface area contributed by atoms with Crippen LogP contribution < -0.4 is 21.7 Å². The lowest BCUT2D eigenvalue weighted by atomic mass is 9.89. The fraction of sp³-hybridized carbons (Fsp3) is 0.696. The largest absolute Gasteiger partial charge is 0.464 e. The lowest BCUT2D eigenvalue weighted by molar-refractivity contribution is -0.146. The first kappa shape index (κ1) is 53.8. The van der Waals surface area contributed by atoms with Crippen LogP contribution in [-0.4, -0.2) is 148 Å². The van der Waals surface area contributed by atoms with Crippen LogP contribution in [0.1, 0.15) is 86.6 Å². The highest BCUT2D eigenvalue weighted by atomic mass is 16.5. The summed E-state index contributed by atoms with van der Waals surface area (Å²) < 4.78 is 17.1. The summed E-state index contributed by atoms with van der Waals surface area (Å²) in [7, 11) is 8.40. The van der Waals surface area contributed by atoms with Crippen LogP contribution in [0.15, 0.2) is 42.1 Å². The Morgan fingerprint density at radius 2 is 1.50 bits per heavy atom. The molecular weight excluding hydrogens is 795 g/mol. The van der Waals surface area contributed by atoms with Gasteiger partial charge in [-0.05, 0) is 57.2 Å². The molecule has 1 unspecified atom stereocenters. The summed E-state index contributed by atoms with van der Waals surface area (Å²) in [5, 5.41) is 8.78. The van der Waals surface area contributed by atoms with Crippen molar-refractivity contribution in [1.82, 2.24) is 30.7 Å². The number of likely N-dealkylation sites (N-methyl/N-ethyl adjacent to an activating group) is 2. The molecule has 9 atom stereocenters. The van der Waals surface area contributed by atoms with E-state index in [0.29, 0.717) is 31.5 Å². The Balaban J connectivity index is 2.27. The number of hydrogen-bond donors (Lipinski definition) is 4. The second-order valence-electron chi connectivity index (χ2n) is 17.4. The lowest BCUT2D eigenvalue weighted by Gasteiger charge is -2.40. The van der Waals surface area contributed by atoms with Gasteiger partial charge in [-0.25, -0.2) is 0 Å².